The Morgan fingerprint density at radius 2 is 2.06 bits per heavy atom. The van der Waals surface area contributed by atoms with Gasteiger partial charge in [-0.15, -0.1) is 0 Å². The number of nitrogens with one attached hydrogen (secondary N) is 1. The molecule has 17 heavy (non-hydrogen) atoms. The minimum atomic E-state index is -0.365. The van der Waals surface area contributed by atoms with Crippen molar-refractivity contribution in [3.63, 3.8) is 0 Å². The van der Waals surface area contributed by atoms with Crippen molar-refractivity contribution in [3.8, 4) is 0 Å². The molecule has 1 heterocycles. The molecule has 1 rings (SSSR count). The number of halogens is 1. The number of hydrogen-bond acceptors (Lipinski definition) is 2. The number of nitrogens with zero attached hydrogens (tertiary/aromatic N) is 1. The Hall–Kier alpha value is -0.900. The summed E-state index contributed by atoms with van der Waals surface area (Å²) in [5.74, 6) is 0.628. The second-order valence-corrected chi connectivity index (χ2v) is 5.71. The molecular weight excluding hydrogens is 280 g/mol. The second-order valence-electron chi connectivity index (χ2n) is 4.92. The lowest BCUT2D eigenvalue weighted by Gasteiger charge is -2.21. The van der Waals surface area contributed by atoms with Crippen molar-refractivity contribution in [2.45, 2.75) is 41.0 Å². The summed E-state index contributed by atoms with van der Waals surface area (Å²) in [6, 6.07) is 1.88. The number of aromatic nitrogens is 1. The predicted octanol–water partition coefficient (Wildman–Crippen LogP) is 3.84. The van der Waals surface area contributed by atoms with E-state index in [0.717, 1.165) is 22.2 Å². The zero-order chi connectivity index (χ0) is 13.2. The number of rotatable bonds is 3. The fourth-order valence-corrected chi connectivity index (χ4v) is 1.53. The Balaban J connectivity index is 2.94. The summed E-state index contributed by atoms with van der Waals surface area (Å²) in [5, 5.41) is 2.87. The molecule has 1 N–H and O–H groups in total. The molecule has 0 fully saturated rings. The van der Waals surface area contributed by atoms with Gasteiger partial charge in [-0.25, -0.2) is 4.98 Å². The van der Waals surface area contributed by atoms with E-state index in [2.05, 4.69) is 26.2 Å². The van der Waals surface area contributed by atoms with E-state index in [0.29, 0.717) is 5.82 Å². The molecule has 0 bridgehead atoms. The number of carbonyl (C=O) groups excluding carboxylic acids is 1. The van der Waals surface area contributed by atoms with E-state index in [1.54, 1.807) is 0 Å². The van der Waals surface area contributed by atoms with Gasteiger partial charge in [0, 0.05) is 9.89 Å². The third-order valence-corrected chi connectivity index (χ3v) is 4.24. The molecule has 0 saturated carbocycles. The van der Waals surface area contributed by atoms with E-state index in [9.17, 15) is 4.79 Å². The number of aryl methyl sites for hydroxylation is 2. The van der Waals surface area contributed by atoms with Crippen LogP contribution in [0.2, 0.25) is 0 Å². The smallest absolute Gasteiger partial charge is 0.231 e. The predicted molar refractivity (Wildman–Crippen MR) is 74.1 cm³/mol. The molecule has 0 aliphatic rings. The van der Waals surface area contributed by atoms with Crippen molar-refractivity contribution in [3.05, 3.63) is 21.8 Å². The lowest BCUT2D eigenvalue weighted by molar-refractivity contribution is -0.124. The molecule has 1 aromatic rings. The van der Waals surface area contributed by atoms with Crippen LogP contribution in [-0.2, 0) is 4.79 Å². The van der Waals surface area contributed by atoms with Crippen molar-refractivity contribution < 1.29 is 4.79 Å². The first-order valence-electron chi connectivity index (χ1n) is 5.73. The van der Waals surface area contributed by atoms with Crippen LogP contribution in [0, 0.1) is 19.3 Å². The lowest BCUT2D eigenvalue weighted by Crippen LogP contribution is -2.30. The van der Waals surface area contributed by atoms with E-state index in [1.807, 2.05) is 40.7 Å². The molecule has 3 nitrogen and oxygen atoms in total. The highest BCUT2D eigenvalue weighted by Crippen LogP contribution is 2.25. The van der Waals surface area contributed by atoms with Crippen molar-refractivity contribution in [1.29, 1.82) is 0 Å². The van der Waals surface area contributed by atoms with Crippen LogP contribution in [0.4, 0.5) is 5.82 Å². The highest BCUT2D eigenvalue weighted by Gasteiger charge is 2.25. The molecule has 0 saturated heterocycles. The summed E-state index contributed by atoms with van der Waals surface area (Å²) in [6.07, 6.45) is 0.799. The fourth-order valence-electron chi connectivity index (χ4n) is 1.33. The fraction of sp³-hybridized carbons (Fsp3) is 0.538. The SMILES string of the molecule is CCC(C)(C)C(=O)Nc1cc(C)c(Br)c(C)n1. The van der Waals surface area contributed by atoms with Crippen LogP contribution in [0.25, 0.3) is 0 Å². The van der Waals surface area contributed by atoms with Gasteiger partial charge >= 0.3 is 0 Å². The maximum atomic E-state index is 12.0. The molecule has 4 heteroatoms. The van der Waals surface area contributed by atoms with E-state index in [1.165, 1.54) is 0 Å². The number of anilines is 1. The van der Waals surface area contributed by atoms with Gasteiger partial charge in [0.1, 0.15) is 5.82 Å². The molecule has 1 amide bonds. The third-order valence-electron chi connectivity index (χ3n) is 3.05. The highest BCUT2D eigenvalue weighted by atomic mass is 79.9. The Morgan fingerprint density at radius 3 is 2.53 bits per heavy atom. The minimum absolute atomic E-state index is 0.00798. The van der Waals surface area contributed by atoms with Crippen LogP contribution in [0.1, 0.15) is 38.4 Å². The summed E-state index contributed by atoms with van der Waals surface area (Å²) in [7, 11) is 0. The Bertz CT molecular complexity index is 418. The monoisotopic (exact) mass is 298 g/mol. The van der Waals surface area contributed by atoms with Gasteiger partial charge in [0.25, 0.3) is 0 Å². The molecule has 0 radical (unpaired) electrons. The molecule has 0 atom stereocenters. The van der Waals surface area contributed by atoms with E-state index in [-0.39, 0.29) is 11.3 Å². The van der Waals surface area contributed by atoms with Gasteiger partial charge in [-0.3, -0.25) is 4.79 Å². The molecule has 94 valence electrons. The third kappa shape index (κ3) is 3.28. The number of amides is 1. The van der Waals surface area contributed by atoms with Gasteiger partial charge in [0.05, 0.1) is 5.69 Å². The van der Waals surface area contributed by atoms with Crippen LogP contribution in [-0.4, -0.2) is 10.9 Å². The first-order valence-corrected chi connectivity index (χ1v) is 6.52. The summed E-state index contributed by atoms with van der Waals surface area (Å²) < 4.78 is 0.991. The van der Waals surface area contributed by atoms with Crippen LogP contribution < -0.4 is 5.32 Å². The first-order chi connectivity index (χ1) is 7.77. The van der Waals surface area contributed by atoms with Gasteiger partial charge < -0.3 is 5.32 Å². The van der Waals surface area contributed by atoms with Crippen LogP contribution in [0.3, 0.4) is 0 Å². The van der Waals surface area contributed by atoms with Gasteiger partial charge in [0.2, 0.25) is 5.91 Å². The van der Waals surface area contributed by atoms with Crippen LogP contribution in [0.15, 0.2) is 10.5 Å². The average Bonchev–Trinajstić information content (AvgIpc) is 2.25. The molecule has 0 spiro atoms. The Kier molecular flexibility index (Phi) is 4.31. The van der Waals surface area contributed by atoms with Crippen molar-refractivity contribution in [1.82, 2.24) is 4.98 Å². The molecular formula is C13H19BrN2O. The number of carbonyl (C=O) groups is 1. The molecule has 0 aromatic carbocycles. The zero-order valence-corrected chi connectivity index (χ0v) is 12.6. The number of hydrogen-bond donors (Lipinski definition) is 1. The summed E-state index contributed by atoms with van der Waals surface area (Å²) in [5.41, 5.74) is 1.59. The lowest BCUT2D eigenvalue weighted by atomic mass is 9.89. The van der Waals surface area contributed by atoms with Crippen molar-refractivity contribution >= 4 is 27.7 Å². The van der Waals surface area contributed by atoms with Gasteiger partial charge in [-0.1, -0.05) is 20.8 Å². The normalized spacial score (nSPS) is 11.4. The second kappa shape index (κ2) is 5.17. The minimum Gasteiger partial charge on any atom is -0.310 e. The van der Waals surface area contributed by atoms with E-state index < -0.39 is 0 Å². The van der Waals surface area contributed by atoms with Crippen molar-refractivity contribution in [2.24, 2.45) is 5.41 Å². The van der Waals surface area contributed by atoms with Crippen LogP contribution in [0.5, 0.6) is 0 Å². The summed E-state index contributed by atoms with van der Waals surface area (Å²) in [4.78, 5) is 16.4. The highest BCUT2D eigenvalue weighted by molar-refractivity contribution is 9.10. The van der Waals surface area contributed by atoms with Gasteiger partial charge in [0.15, 0.2) is 0 Å². The molecule has 0 aliphatic heterocycles. The van der Waals surface area contributed by atoms with Crippen LogP contribution >= 0.6 is 15.9 Å². The standard InChI is InChI=1S/C13H19BrN2O/c1-6-13(4,5)12(17)16-10-7-8(2)11(14)9(3)15-10/h7H,6H2,1-5H3,(H,15,16,17). The first kappa shape index (κ1) is 14.2. The maximum absolute atomic E-state index is 12.0. The van der Waals surface area contributed by atoms with E-state index in [4.69, 9.17) is 0 Å². The van der Waals surface area contributed by atoms with Gasteiger partial charge in [-0.2, -0.15) is 0 Å². The summed E-state index contributed by atoms with van der Waals surface area (Å²) in [6.45, 7) is 9.77. The quantitative estimate of drug-likeness (QED) is 0.921. The molecule has 0 unspecified atom stereocenters. The average molecular weight is 299 g/mol. The Morgan fingerprint density at radius 1 is 1.47 bits per heavy atom. The zero-order valence-electron chi connectivity index (χ0n) is 11.0. The molecule has 1 aromatic heterocycles. The number of pyridine rings is 1. The summed E-state index contributed by atoms with van der Waals surface area (Å²) >= 11 is 3.46. The van der Waals surface area contributed by atoms with Gasteiger partial charge in [-0.05, 0) is 47.8 Å². The van der Waals surface area contributed by atoms with E-state index >= 15 is 0 Å². The maximum Gasteiger partial charge on any atom is 0.231 e. The largest absolute Gasteiger partial charge is 0.310 e. The molecule has 0 aliphatic carbocycles. The topological polar surface area (TPSA) is 42.0 Å². The Labute approximate surface area is 111 Å². The van der Waals surface area contributed by atoms with Crippen molar-refractivity contribution in [2.75, 3.05) is 5.32 Å².